The zero-order valence-corrected chi connectivity index (χ0v) is 11.0. The van der Waals surface area contributed by atoms with Gasteiger partial charge in [-0.25, -0.2) is 0 Å². The molecule has 8 nitrogen and oxygen atoms in total. The maximum atomic E-state index is 8.37. The Morgan fingerprint density at radius 3 is 2.06 bits per heavy atom. The fourth-order valence-corrected chi connectivity index (χ4v) is 2.13. The van der Waals surface area contributed by atoms with Gasteiger partial charge in [-0.3, -0.25) is 0 Å². The number of methoxy groups -OCH3 is 4. The first-order valence-corrected chi connectivity index (χ1v) is 5.51. The van der Waals surface area contributed by atoms with Gasteiger partial charge in [-0.1, -0.05) is 5.11 Å². The summed E-state index contributed by atoms with van der Waals surface area (Å²) in [6, 6.07) is 0. The van der Waals surface area contributed by atoms with Gasteiger partial charge in [0.2, 0.25) is 0 Å². The largest absolute Gasteiger partial charge is 0.376 e. The van der Waals surface area contributed by atoms with Gasteiger partial charge in [-0.05, 0) is 5.53 Å². The van der Waals surface area contributed by atoms with Crippen molar-refractivity contribution < 1.29 is 23.7 Å². The summed E-state index contributed by atoms with van der Waals surface area (Å²) in [5.41, 5.74) is 8.37. The molecule has 104 valence electrons. The highest BCUT2D eigenvalue weighted by Gasteiger charge is 2.46. The van der Waals surface area contributed by atoms with Crippen LogP contribution in [0, 0.1) is 0 Å². The molecule has 0 unspecified atom stereocenters. The first kappa shape index (κ1) is 15.2. The molecule has 0 aromatic heterocycles. The van der Waals surface area contributed by atoms with E-state index < -0.39 is 24.6 Å². The first-order chi connectivity index (χ1) is 8.73. The van der Waals surface area contributed by atoms with E-state index in [4.69, 9.17) is 29.2 Å². The molecule has 8 heteroatoms. The van der Waals surface area contributed by atoms with Crippen LogP contribution < -0.4 is 0 Å². The van der Waals surface area contributed by atoms with E-state index in [0.717, 1.165) is 0 Å². The lowest BCUT2D eigenvalue weighted by Crippen LogP contribution is -2.60. The van der Waals surface area contributed by atoms with Crippen molar-refractivity contribution in [1.82, 2.24) is 0 Å². The normalized spacial score (nSPS) is 36.1. The van der Waals surface area contributed by atoms with Crippen LogP contribution in [-0.2, 0) is 23.7 Å². The molecule has 0 spiro atoms. The van der Waals surface area contributed by atoms with Crippen LogP contribution in [0.1, 0.15) is 0 Å². The highest BCUT2D eigenvalue weighted by Crippen LogP contribution is 2.27. The summed E-state index contributed by atoms with van der Waals surface area (Å²) in [6.07, 6.45) is -2.20. The van der Waals surface area contributed by atoms with Gasteiger partial charge < -0.3 is 23.7 Å². The Hall–Kier alpha value is -0.890. The van der Waals surface area contributed by atoms with E-state index in [-0.39, 0.29) is 12.6 Å². The molecule has 0 aromatic rings. The molecule has 0 bridgehead atoms. The van der Waals surface area contributed by atoms with Gasteiger partial charge in [0.25, 0.3) is 0 Å². The average molecular weight is 261 g/mol. The van der Waals surface area contributed by atoms with Gasteiger partial charge >= 0.3 is 0 Å². The van der Waals surface area contributed by atoms with Crippen molar-refractivity contribution in [3.63, 3.8) is 0 Å². The maximum absolute atomic E-state index is 8.37. The Morgan fingerprint density at radius 2 is 1.61 bits per heavy atom. The van der Waals surface area contributed by atoms with Crippen LogP contribution in [0.5, 0.6) is 0 Å². The zero-order valence-electron chi connectivity index (χ0n) is 11.0. The summed E-state index contributed by atoms with van der Waals surface area (Å²) in [6.45, 7) is 0.144. The topological polar surface area (TPSA) is 94.9 Å². The van der Waals surface area contributed by atoms with Crippen molar-refractivity contribution in [2.75, 3.05) is 35.0 Å². The van der Waals surface area contributed by atoms with Crippen LogP contribution in [-0.4, -0.2) is 65.7 Å². The van der Waals surface area contributed by atoms with Crippen molar-refractivity contribution in [3.8, 4) is 0 Å². The van der Waals surface area contributed by atoms with E-state index in [1.165, 1.54) is 7.11 Å². The third-order valence-electron chi connectivity index (χ3n) is 2.96. The molecular formula is C10H19N3O5. The van der Waals surface area contributed by atoms with Crippen LogP contribution in [0.4, 0.5) is 0 Å². The lowest BCUT2D eigenvalue weighted by atomic mass is 9.98. The molecule has 1 aliphatic heterocycles. The number of azide groups is 1. The molecule has 0 aliphatic carbocycles. The summed E-state index contributed by atoms with van der Waals surface area (Å²) >= 11 is 0. The predicted molar refractivity (Wildman–Crippen MR) is 62.1 cm³/mol. The van der Waals surface area contributed by atoms with Gasteiger partial charge in [-0.2, -0.15) is 0 Å². The molecule has 0 N–H and O–H groups in total. The Morgan fingerprint density at radius 1 is 1.00 bits per heavy atom. The summed E-state index contributed by atoms with van der Waals surface area (Å²) in [5, 5.41) is 3.51. The second-order valence-electron chi connectivity index (χ2n) is 3.79. The van der Waals surface area contributed by atoms with Crippen molar-refractivity contribution in [3.05, 3.63) is 10.4 Å². The standard InChI is InChI=1S/C10H19N3O5/c1-14-7-6(5-12-13-11)18-10(17-4)9(16-3)8(7)15-2/h6-10H,5H2,1-4H3/t6-,7+,8+,9-,10+/m1/s1. The van der Waals surface area contributed by atoms with Crippen molar-refractivity contribution in [2.45, 2.75) is 30.7 Å². The Kier molecular flexibility index (Phi) is 6.34. The monoisotopic (exact) mass is 261 g/mol. The summed E-state index contributed by atoms with van der Waals surface area (Å²) < 4.78 is 27.0. The number of rotatable bonds is 6. The molecule has 1 heterocycles. The molecule has 1 fully saturated rings. The van der Waals surface area contributed by atoms with Gasteiger partial charge in [0.05, 0.1) is 12.6 Å². The van der Waals surface area contributed by atoms with Gasteiger partial charge in [0.1, 0.15) is 18.3 Å². The molecule has 1 saturated heterocycles. The molecule has 0 radical (unpaired) electrons. The van der Waals surface area contributed by atoms with Crippen LogP contribution in [0.3, 0.4) is 0 Å². The molecule has 0 amide bonds. The summed E-state index contributed by atoms with van der Waals surface area (Å²) in [4.78, 5) is 2.72. The maximum Gasteiger partial charge on any atom is 0.186 e. The number of hydrogen-bond acceptors (Lipinski definition) is 6. The number of ether oxygens (including phenoxy) is 5. The van der Waals surface area contributed by atoms with E-state index in [2.05, 4.69) is 10.0 Å². The summed E-state index contributed by atoms with van der Waals surface area (Å²) in [5.74, 6) is 0. The quantitative estimate of drug-likeness (QED) is 0.398. The molecule has 1 rings (SSSR count). The minimum atomic E-state index is -0.592. The third-order valence-corrected chi connectivity index (χ3v) is 2.96. The van der Waals surface area contributed by atoms with Crippen molar-refractivity contribution in [1.29, 1.82) is 0 Å². The van der Waals surface area contributed by atoms with Gasteiger partial charge in [-0.15, -0.1) is 0 Å². The van der Waals surface area contributed by atoms with Crippen LogP contribution in [0.2, 0.25) is 0 Å². The molecule has 5 atom stereocenters. The van der Waals surface area contributed by atoms with E-state index in [1.54, 1.807) is 21.3 Å². The SMILES string of the molecule is CO[C@H]1O[C@H](CN=[N+]=[N-])[C@H](OC)[C@H](OC)[C@H]1OC. The molecule has 18 heavy (non-hydrogen) atoms. The second-order valence-corrected chi connectivity index (χ2v) is 3.79. The lowest BCUT2D eigenvalue weighted by molar-refractivity contribution is -0.300. The smallest absolute Gasteiger partial charge is 0.186 e. The summed E-state index contributed by atoms with van der Waals surface area (Å²) in [7, 11) is 6.17. The van der Waals surface area contributed by atoms with Crippen LogP contribution in [0.25, 0.3) is 10.4 Å². The molecule has 1 aliphatic rings. The fraction of sp³-hybridized carbons (Fsp3) is 1.00. The third kappa shape index (κ3) is 3.11. The van der Waals surface area contributed by atoms with Gasteiger partial charge in [0.15, 0.2) is 6.29 Å². The van der Waals surface area contributed by atoms with E-state index in [0.29, 0.717) is 0 Å². The Balaban J connectivity index is 2.90. The van der Waals surface area contributed by atoms with Crippen molar-refractivity contribution in [2.24, 2.45) is 5.11 Å². The average Bonchev–Trinajstić information content (AvgIpc) is 2.42. The first-order valence-electron chi connectivity index (χ1n) is 5.51. The lowest BCUT2D eigenvalue weighted by Gasteiger charge is -2.43. The van der Waals surface area contributed by atoms with Crippen molar-refractivity contribution >= 4 is 0 Å². The molecule has 0 aromatic carbocycles. The Bertz CT molecular complexity index is 297. The number of nitrogens with zero attached hydrogens (tertiary/aromatic N) is 3. The molecule has 0 saturated carbocycles. The van der Waals surface area contributed by atoms with Crippen LogP contribution >= 0.6 is 0 Å². The number of hydrogen-bond donors (Lipinski definition) is 0. The highest BCUT2D eigenvalue weighted by atomic mass is 16.7. The van der Waals surface area contributed by atoms with E-state index >= 15 is 0 Å². The van der Waals surface area contributed by atoms with Gasteiger partial charge in [0, 0.05) is 33.4 Å². The zero-order chi connectivity index (χ0) is 13.5. The fourth-order valence-electron chi connectivity index (χ4n) is 2.13. The minimum absolute atomic E-state index is 0.144. The predicted octanol–water partition coefficient (Wildman–Crippen LogP) is 0.713. The van der Waals surface area contributed by atoms with E-state index in [1.807, 2.05) is 0 Å². The molecular weight excluding hydrogens is 242 g/mol. The minimum Gasteiger partial charge on any atom is -0.376 e. The van der Waals surface area contributed by atoms with Crippen LogP contribution in [0.15, 0.2) is 5.11 Å². The second kappa shape index (κ2) is 7.52. The Labute approximate surface area is 106 Å². The highest BCUT2D eigenvalue weighted by molar-refractivity contribution is 4.93. The van der Waals surface area contributed by atoms with E-state index in [9.17, 15) is 0 Å².